The number of hydrogen-bond donors (Lipinski definition) is 1. The Morgan fingerprint density at radius 3 is 2.58 bits per heavy atom. The largest absolute Gasteiger partial charge is 0.377 e. The summed E-state index contributed by atoms with van der Waals surface area (Å²) in [7, 11) is -2.81. The molecule has 2 heterocycles. The number of nitrogens with zero attached hydrogens (tertiary/aromatic N) is 1. The summed E-state index contributed by atoms with van der Waals surface area (Å²) in [6, 6.07) is 0. The molecule has 2 N–H and O–H groups in total. The van der Waals surface area contributed by atoms with Crippen LogP contribution in [0.3, 0.4) is 0 Å². The second kappa shape index (κ2) is 4.16. The van der Waals surface area contributed by atoms with E-state index in [0.29, 0.717) is 19.0 Å². The van der Waals surface area contributed by atoms with Crippen molar-refractivity contribution in [3.63, 3.8) is 0 Å². The average Bonchev–Trinajstić information content (AvgIpc) is 2.80. The Bertz CT molecular complexity index is 462. The van der Waals surface area contributed by atoms with Crippen LogP contribution in [-0.4, -0.2) is 62.7 Å². The second-order valence-corrected chi connectivity index (χ2v) is 9.18. The van der Waals surface area contributed by atoms with E-state index in [-0.39, 0.29) is 28.6 Å². The van der Waals surface area contributed by atoms with Crippen LogP contribution in [-0.2, 0) is 14.6 Å². The van der Waals surface area contributed by atoms with Gasteiger partial charge in [-0.15, -0.1) is 0 Å². The number of sulfone groups is 1. The summed E-state index contributed by atoms with van der Waals surface area (Å²) in [6.07, 6.45) is 1.32. The Hall–Kier alpha value is -0.170. The molecule has 0 aromatic carbocycles. The van der Waals surface area contributed by atoms with Gasteiger partial charge in [0.15, 0.2) is 9.84 Å². The molecule has 0 bridgehead atoms. The van der Waals surface area contributed by atoms with E-state index in [1.54, 1.807) is 0 Å². The summed E-state index contributed by atoms with van der Waals surface area (Å²) in [5, 5.41) is 0. The molecule has 0 amide bonds. The Labute approximate surface area is 115 Å². The zero-order chi connectivity index (χ0) is 13.9. The first-order valence-electron chi connectivity index (χ1n) is 7.09. The summed E-state index contributed by atoms with van der Waals surface area (Å²) < 4.78 is 28.7. The maximum absolute atomic E-state index is 11.5. The van der Waals surface area contributed by atoms with Crippen LogP contribution in [0.15, 0.2) is 0 Å². The Morgan fingerprint density at radius 1 is 1.32 bits per heavy atom. The molecule has 5 nitrogen and oxygen atoms in total. The maximum atomic E-state index is 11.5. The number of ether oxygens (including phenoxy) is 1. The van der Waals surface area contributed by atoms with Crippen molar-refractivity contribution in [2.24, 2.45) is 17.1 Å². The molecule has 3 unspecified atom stereocenters. The average molecular weight is 288 g/mol. The van der Waals surface area contributed by atoms with Gasteiger partial charge in [-0.05, 0) is 6.42 Å². The van der Waals surface area contributed by atoms with E-state index in [1.807, 2.05) is 0 Å². The molecule has 1 saturated carbocycles. The first-order valence-corrected chi connectivity index (χ1v) is 8.92. The number of rotatable bonds is 2. The minimum absolute atomic E-state index is 0.0233. The molecule has 1 aliphatic carbocycles. The van der Waals surface area contributed by atoms with E-state index in [1.165, 1.54) is 0 Å². The van der Waals surface area contributed by atoms with E-state index in [4.69, 9.17) is 10.5 Å². The van der Waals surface area contributed by atoms with Crippen LogP contribution in [0.4, 0.5) is 0 Å². The van der Waals surface area contributed by atoms with Gasteiger partial charge >= 0.3 is 0 Å². The van der Waals surface area contributed by atoms with Crippen molar-refractivity contribution < 1.29 is 13.2 Å². The summed E-state index contributed by atoms with van der Waals surface area (Å²) in [6.45, 7) is 7.21. The predicted octanol–water partition coefficient (Wildman–Crippen LogP) is -0.141. The highest BCUT2D eigenvalue weighted by Crippen LogP contribution is 2.58. The fraction of sp³-hybridized carbons (Fsp3) is 1.00. The zero-order valence-electron chi connectivity index (χ0n) is 11.8. The van der Waals surface area contributed by atoms with Gasteiger partial charge in [0.2, 0.25) is 0 Å². The third kappa shape index (κ3) is 1.95. The molecule has 2 saturated heterocycles. The highest BCUT2D eigenvalue weighted by Gasteiger charge is 2.67. The van der Waals surface area contributed by atoms with Crippen LogP contribution in [0.1, 0.15) is 20.3 Å². The van der Waals surface area contributed by atoms with Gasteiger partial charge in [-0.3, -0.25) is 4.90 Å². The van der Waals surface area contributed by atoms with E-state index < -0.39 is 9.84 Å². The molecule has 3 atom stereocenters. The van der Waals surface area contributed by atoms with Crippen LogP contribution in [0.5, 0.6) is 0 Å². The van der Waals surface area contributed by atoms with Crippen molar-refractivity contribution >= 4 is 9.84 Å². The monoisotopic (exact) mass is 288 g/mol. The Kier molecular flexibility index (Phi) is 3.02. The standard InChI is InChI=1S/C13H24N2O3S/c1-12(2)11-10(3-6-18-11)13(12,14)9-15-4-7-19(16,17)8-5-15/h10-11H,3-9,14H2,1-2H3. The predicted molar refractivity (Wildman–Crippen MR) is 73.6 cm³/mol. The first kappa shape index (κ1) is 13.8. The molecule has 0 spiro atoms. The molecule has 2 aliphatic heterocycles. The summed E-state index contributed by atoms with van der Waals surface area (Å²) in [5.41, 5.74) is 6.43. The molecule has 19 heavy (non-hydrogen) atoms. The Morgan fingerprint density at radius 2 is 1.95 bits per heavy atom. The van der Waals surface area contributed by atoms with Crippen LogP contribution < -0.4 is 5.73 Å². The van der Waals surface area contributed by atoms with Gasteiger partial charge in [-0.25, -0.2) is 8.42 Å². The van der Waals surface area contributed by atoms with Gasteiger partial charge in [0.05, 0.1) is 17.6 Å². The quantitative estimate of drug-likeness (QED) is 0.765. The highest BCUT2D eigenvalue weighted by atomic mass is 32.2. The molecular weight excluding hydrogens is 264 g/mol. The molecule has 3 rings (SSSR count). The van der Waals surface area contributed by atoms with Crippen molar-refractivity contribution in [3.05, 3.63) is 0 Å². The van der Waals surface area contributed by atoms with Crippen molar-refractivity contribution in [1.82, 2.24) is 4.90 Å². The number of nitrogens with two attached hydrogens (primary N) is 1. The first-order chi connectivity index (χ1) is 8.76. The van der Waals surface area contributed by atoms with Crippen LogP contribution in [0.2, 0.25) is 0 Å². The van der Waals surface area contributed by atoms with Crippen molar-refractivity contribution in [2.75, 3.05) is 37.7 Å². The SMILES string of the molecule is CC1(C)C2OCCC2C1(N)CN1CCS(=O)(=O)CC1. The summed E-state index contributed by atoms with van der Waals surface area (Å²) >= 11 is 0. The summed E-state index contributed by atoms with van der Waals surface area (Å²) in [4.78, 5) is 2.22. The topological polar surface area (TPSA) is 72.6 Å². The lowest BCUT2D eigenvalue weighted by atomic mass is 9.48. The maximum Gasteiger partial charge on any atom is 0.152 e. The lowest BCUT2D eigenvalue weighted by Crippen LogP contribution is -2.78. The third-order valence-electron chi connectivity index (χ3n) is 5.59. The third-order valence-corrected chi connectivity index (χ3v) is 7.20. The van der Waals surface area contributed by atoms with E-state index in [9.17, 15) is 8.42 Å². The van der Waals surface area contributed by atoms with Crippen LogP contribution in [0.25, 0.3) is 0 Å². The molecule has 3 aliphatic rings. The molecule has 0 aromatic heterocycles. The van der Waals surface area contributed by atoms with Gasteiger partial charge in [0.25, 0.3) is 0 Å². The summed E-state index contributed by atoms with van der Waals surface area (Å²) in [5.74, 6) is 0.975. The minimum Gasteiger partial charge on any atom is -0.377 e. The second-order valence-electron chi connectivity index (χ2n) is 6.88. The number of hydrogen-bond acceptors (Lipinski definition) is 5. The van der Waals surface area contributed by atoms with Gasteiger partial charge in [-0.1, -0.05) is 13.8 Å². The van der Waals surface area contributed by atoms with E-state index >= 15 is 0 Å². The molecule has 3 fully saturated rings. The van der Waals surface area contributed by atoms with Crippen LogP contribution >= 0.6 is 0 Å². The van der Waals surface area contributed by atoms with E-state index in [0.717, 1.165) is 19.6 Å². The number of fused-ring (bicyclic) bond motifs is 1. The van der Waals surface area contributed by atoms with Crippen LogP contribution in [0, 0.1) is 11.3 Å². The van der Waals surface area contributed by atoms with Gasteiger partial charge < -0.3 is 10.5 Å². The normalized spacial score (nSPS) is 44.6. The highest BCUT2D eigenvalue weighted by molar-refractivity contribution is 7.91. The molecule has 0 radical (unpaired) electrons. The van der Waals surface area contributed by atoms with Crippen molar-refractivity contribution in [3.8, 4) is 0 Å². The van der Waals surface area contributed by atoms with Crippen molar-refractivity contribution in [2.45, 2.75) is 31.9 Å². The van der Waals surface area contributed by atoms with Gasteiger partial charge in [-0.2, -0.15) is 0 Å². The van der Waals surface area contributed by atoms with E-state index in [2.05, 4.69) is 18.7 Å². The molecule has 0 aromatic rings. The molecule has 6 heteroatoms. The van der Waals surface area contributed by atoms with Gasteiger partial charge in [0, 0.05) is 43.1 Å². The fourth-order valence-corrected chi connectivity index (χ4v) is 5.35. The molecular formula is C13H24N2O3S. The lowest BCUT2D eigenvalue weighted by Gasteiger charge is -2.63. The minimum atomic E-state index is -2.81. The zero-order valence-corrected chi connectivity index (χ0v) is 12.6. The van der Waals surface area contributed by atoms with Gasteiger partial charge in [0.1, 0.15) is 0 Å². The Balaban J connectivity index is 1.69. The molecule has 110 valence electrons. The smallest absolute Gasteiger partial charge is 0.152 e. The fourth-order valence-electron chi connectivity index (χ4n) is 4.07. The van der Waals surface area contributed by atoms with Crippen molar-refractivity contribution in [1.29, 1.82) is 0 Å². The lowest BCUT2D eigenvalue weighted by molar-refractivity contribution is -0.162.